The van der Waals surface area contributed by atoms with Gasteiger partial charge in [-0.2, -0.15) is 0 Å². The van der Waals surface area contributed by atoms with Gasteiger partial charge >= 0.3 is 0 Å². The van der Waals surface area contributed by atoms with E-state index >= 15 is 0 Å². The highest BCUT2D eigenvalue weighted by Gasteiger charge is 2.03. The van der Waals surface area contributed by atoms with Crippen LogP contribution in [0.2, 0.25) is 0 Å². The van der Waals surface area contributed by atoms with Gasteiger partial charge in [-0.25, -0.2) is 13.1 Å². The molecular weight excluding hydrogens is 180 g/mol. The Morgan fingerprint density at radius 1 is 1.42 bits per heavy atom. The van der Waals surface area contributed by atoms with Crippen LogP contribution in [0.4, 0.5) is 0 Å². The molecule has 0 unspecified atom stereocenters. The molecule has 0 radical (unpaired) electrons. The van der Waals surface area contributed by atoms with E-state index in [9.17, 15) is 8.42 Å². The number of rotatable bonds is 7. The summed E-state index contributed by atoms with van der Waals surface area (Å²) in [5.41, 5.74) is 5.16. The smallest absolute Gasteiger partial charge is 0.211 e. The van der Waals surface area contributed by atoms with Crippen LogP contribution in [0.25, 0.3) is 0 Å². The van der Waals surface area contributed by atoms with Gasteiger partial charge in [-0.15, -0.1) is 0 Å². The molecule has 0 spiro atoms. The molecule has 0 aromatic heterocycles. The lowest BCUT2D eigenvalue weighted by atomic mass is 10.7. The summed E-state index contributed by atoms with van der Waals surface area (Å²) in [6.45, 7) is 3.20. The monoisotopic (exact) mass is 196 g/mol. The van der Waals surface area contributed by atoms with Crippen LogP contribution in [0, 0.1) is 0 Å². The average molecular weight is 196 g/mol. The van der Waals surface area contributed by atoms with Gasteiger partial charge in [0, 0.05) is 13.1 Å². The van der Waals surface area contributed by atoms with Crippen LogP contribution in [0.1, 0.15) is 6.92 Å². The lowest BCUT2D eigenvalue weighted by Gasteiger charge is -2.04. The van der Waals surface area contributed by atoms with Crippen LogP contribution >= 0.6 is 0 Å². The van der Waals surface area contributed by atoms with Gasteiger partial charge in [-0.3, -0.25) is 0 Å². The Morgan fingerprint density at radius 2 is 2.08 bits per heavy atom. The Balaban J connectivity index is 3.32. The molecule has 0 aliphatic carbocycles. The van der Waals surface area contributed by atoms with E-state index in [2.05, 4.69) is 4.72 Å². The minimum Gasteiger partial charge on any atom is -0.379 e. The van der Waals surface area contributed by atoms with Crippen LogP contribution in [0.5, 0.6) is 0 Å². The zero-order chi connectivity index (χ0) is 9.45. The van der Waals surface area contributed by atoms with Gasteiger partial charge < -0.3 is 10.5 Å². The SMILES string of the molecule is CCS(=O)(=O)NCCOCCN. The molecular formula is C6H16N2O3S. The summed E-state index contributed by atoms with van der Waals surface area (Å²) in [7, 11) is -3.07. The number of hydrogen-bond donors (Lipinski definition) is 2. The summed E-state index contributed by atoms with van der Waals surface area (Å²) in [6.07, 6.45) is 0. The van der Waals surface area contributed by atoms with Crippen LogP contribution in [-0.2, 0) is 14.8 Å². The second-order valence-electron chi connectivity index (χ2n) is 2.20. The molecule has 0 aromatic rings. The molecule has 0 aliphatic rings. The molecule has 0 aromatic carbocycles. The van der Waals surface area contributed by atoms with Crippen molar-refractivity contribution in [1.29, 1.82) is 0 Å². The van der Waals surface area contributed by atoms with E-state index < -0.39 is 10.0 Å². The third kappa shape index (κ3) is 6.53. The molecule has 0 atom stereocenters. The molecule has 0 fully saturated rings. The predicted octanol–water partition coefficient (Wildman–Crippen LogP) is -1.10. The first-order valence-corrected chi connectivity index (χ1v) is 5.52. The first-order chi connectivity index (χ1) is 5.62. The van der Waals surface area contributed by atoms with E-state index in [4.69, 9.17) is 10.5 Å². The lowest BCUT2D eigenvalue weighted by Crippen LogP contribution is -2.29. The van der Waals surface area contributed by atoms with Crippen LogP contribution in [-0.4, -0.2) is 40.5 Å². The normalized spacial score (nSPS) is 11.8. The number of nitrogens with one attached hydrogen (secondary N) is 1. The maximum Gasteiger partial charge on any atom is 0.211 e. The van der Waals surface area contributed by atoms with Crippen molar-refractivity contribution < 1.29 is 13.2 Å². The maximum atomic E-state index is 10.8. The van der Waals surface area contributed by atoms with Gasteiger partial charge in [0.25, 0.3) is 0 Å². The highest BCUT2D eigenvalue weighted by molar-refractivity contribution is 7.89. The molecule has 0 saturated carbocycles. The zero-order valence-electron chi connectivity index (χ0n) is 7.25. The Hall–Kier alpha value is -0.170. The van der Waals surface area contributed by atoms with Crippen molar-refractivity contribution in [2.24, 2.45) is 5.73 Å². The average Bonchev–Trinajstić information content (AvgIpc) is 2.04. The quantitative estimate of drug-likeness (QED) is 0.506. The number of ether oxygens (including phenoxy) is 1. The fourth-order valence-corrected chi connectivity index (χ4v) is 1.16. The standard InChI is InChI=1S/C6H16N2O3S/c1-2-12(9,10)8-4-6-11-5-3-7/h8H,2-7H2,1H3. The highest BCUT2D eigenvalue weighted by Crippen LogP contribution is 1.81. The van der Waals surface area contributed by atoms with Crippen molar-refractivity contribution in [1.82, 2.24) is 4.72 Å². The molecule has 6 heteroatoms. The molecule has 0 aliphatic heterocycles. The highest BCUT2D eigenvalue weighted by atomic mass is 32.2. The van der Waals surface area contributed by atoms with E-state index in [0.717, 1.165) is 0 Å². The molecule has 0 amide bonds. The number of sulfonamides is 1. The number of nitrogens with two attached hydrogens (primary N) is 1. The van der Waals surface area contributed by atoms with E-state index in [1.807, 2.05) is 0 Å². The van der Waals surface area contributed by atoms with Gasteiger partial charge in [0.1, 0.15) is 0 Å². The first-order valence-electron chi connectivity index (χ1n) is 3.87. The summed E-state index contributed by atoms with van der Waals surface area (Å²) >= 11 is 0. The van der Waals surface area contributed by atoms with Crippen molar-refractivity contribution in [3.05, 3.63) is 0 Å². The summed E-state index contributed by atoms with van der Waals surface area (Å²) in [5, 5.41) is 0. The van der Waals surface area contributed by atoms with Crippen molar-refractivity contribution in [3.63, 3.8) is 0 Å². The van der Waals surface area contributed by atoms with E-state index in [-0.39, 0.29) is 5.75 Å². The summed E-state index contributed by atoms with van der Waals surface area (Å²) in [4.78, 5) is 0. The predicted molar refractivity (Wildman–Crippen MR) is 47.3 cm³/mol. The first kappa shape index (κ1) is 11.8. The summed E-state index contributed by atoms with van der Waals surface area (Å²) in [5.74, 6) is 0.101. The molecule has 12 heavy (non-hydrogen) atoms. The fourth-order valence-electron chi connectivity index (χ4n) is 0.557. The van der Waals surface area contributed by atoms with Crippen LogP contribution in [0.3, 0.4) is 0 Å². The largest absolute Gasteiger partial charge is 0.379 e. The van der Waals surface area contributed by atoms with Gasteiger partial charge in [-0.1, -0.05) is 0 Å². The molecule has 0 heterocycles. The molecule has 0 rings (SSSR count). The van der Waals surface area contributed by atoms with Crippen molar-refractivity contribution in [2.75, 3.05) is 32.1 Å². The maximum absolute atomic E-state index is 10.8. The van der Waals surface area contributed by atoms with Crippen LogP contribution < -0.4 is 10.5 Å². The Bertz CT molecular complexity index is 191. The zero-order valence-corrected chi connectivity index (χ0v) is 8.06. The Labute approximate surface area is 73.3 Å². The third-order valence-electron chi connectivity index (χ3n) is 1.21. The molecule has 5 nitrogen and oxygen atoms in total. The van der Waals surface area contributed by atoms with E-state index in [1.54, 1.807) is 6.92 Å². The van der Waals surface area contributed by atoms with E-state index in [1.165, 1.54) is 0 Å². The molecule has 74 valence electrons. The van der Waals surface area contributed by atoms with E-state index in [0.29, 0.717) is 26.3 Å². The topological polar surface area (TPSA) is 81.4 Å². The van der Waals surface area contributed by atoms with Gasteiger partial charge in [-0.05, 0) is 6.92 Å². The summed E-state index contributed by atoms with van der Waals surface area (Å²) < 4.78 is 29.0. The third-order valence-corrected chi connectivity index (χ3v) is 2.61. The number of hydrogen-bond acceptors (Lipinski definition) is 4. The van der Waals surface area contributed by atoms with Gasteiger partial charge in [0.15, 0.2) is 0 Å². The molecule has 0 bridgehead atoms. The van der Waals surface area contributed by atoms with Gasteiger partial charge in [0.05, 0.1) is 19.0 Å². The van der Waals surface area contributed by atoms with Gasteiger partial charge in [0.2, 0.25) is 10.0 Å². The van der Waals surface area contributed by atoms with Crippen molar-refractivity contribution >= 4 is 10.0 Å². The van der Waals surface area contributed by atoms with Crippen molar-refractivity contribution in [3.8, 4) is 0 Å². The minimum atomic E-state index is -3.07. The Morgan fingerprint density at radius 3 is 2.58 bits per heavy atom. The second kappa shape index (κ2) is 6.36. The fraction of sp³-hybridized carbons (Fsp3) is 1.00. The molecule has 3 N–H and O–H groups in total. The molecule has 0 saturated heterocycles. The minimum absolute atomic E-state index is 0.101. The lowest BCUT2D eigenvalue weighted by molar-refractivity contribution is 0.147. The van der Waals surface area contributed by atoms with Crippen molar-refractivity contribution in [2.45, 2.75) is 6.92 Å². The Kier molecular flexibility index (Phi) is 6.27. The van der Waals surface area contributed by atoms with Crippen LogP contribution in [0.15, 0.2) is 0 Å². The summed E-state index contributed by atoms with van der Waals surface area (Å²) in [6, 6.07) is 0. The second-order valence-corrected chi connectivity index (χ2v) is 4.29.